The molecular formula is C16H14ClN3O2. The smallest absolute Gasteiger partial charge is 0.293 e. The van der Waals surface area contributed by atoms with Crippen LogP contribution in [0.2, 0.25) is 5.02 Å². The third-order valence-corrected chi connectivity index (χ3v) is 3.55. The standard InChI is InChI=1S/C16H14ClN3O2/c1-16(2,12-5-3-4-11(8-12)10-18)19-14-7-6-13(17)9-15(14)20(21)22/h3-9,19H,1-2H3. The Hall–Kier alpha value is -2.58. The lowest BCUT2D eigenvalue weighted by Crippen LogP contribution is -2.28. The fourth-order valence-electron chi connectivity index (χ4n) is 2.15. The van der Waals surface area contributed by atoms with Crippen LogP contribution in [0.5, 0.6) is 0 Å². The molecule has 0 radical (unpaired) electrons. The summed E-state index contributed by atoms with van der Waals surface area (Å²) < 4.78 is 0. The summed E-state index contributed by atoms with van der Waals surface area (Å²) in [7, 11) is 0. The van der Waals surface area contributed by atoms with Crippen molar-refractivity contribution in [3.63, 3.8) is 0 Å². The molecule has 0 amide bonds. The van der Waals surface area contributed by atoms with E-state index in [9.17, 15) is 10.1 Å². The van der Waals surface area contributed by atoms with Crippen molar-refractivity contribution in [1.29, 1.82) is 5.26 Å². The van der Waals surface area contributed by atoms with E-state index in [4.69, 9.17) is 16.9 Å². The Morgan fingerprint density at radius 3 is 2.64 bits per heavy atom. The second kappa shape index (κ2) is 6.04. The van der Waals surface area contributed by atoms with Crippen molar-refractivity contribution in [2.24, 2.45) is 0 Å². The number of halogens is 1. The predicted octanol–water partition coefficient (Wildman–Crippen LogP) is 4.47. The van der Waals surface area contributed by atoms with Crippen molar-refractivity contribution in [1.82, 2.24) is 0 Å². The third-order valence-electron chi connectivity index (χ3n) is 3.32. The number of hydrogen-bond acceptors (Lipinski definition) is 4. The molecule has 5 nitrogen and oxygen atoms in total. The van der Waals surface area contributed by atoms with Crippen LogP contribution in [0.1, 0.15) is 25.0 Å². The van der Waals surface area contributed by atoms with Gasteiger partial charge in [0.2, 0.25) is 0 Å². The fourth-order valence-corrected chi connectivity index (χ4v) is 2.31. The van der Waals surface area contributed by atoms with Crippen LogP contribution in [0, 0.1) is 21.4 Å². The summed E-state index contributed by atoms with van der Waals surface area (Å²) in [5, 5.41) is 23.6. The molecule has 2 rings (SSSR count). The zero-order valence-corrected chi connectivity index (χ0v) is 12.9. The highest BCUT2D eigenvalue weighted by Gasteiger charge is 2.24. The van der Waals surface area contributed by atoms with Gasteiger partial charge in [0, 0.05) is 11.1 Å². The lowest BCUT2D eigenvalue weighted by Gasteiger charge is -2.28. The molecule has 2 aromatic carbocycles. The largest absolute Gasteiger partial charge is 0.371 e. The SMILES string of the molecule is CC(C)(Nc1ccc(Cl)cc1[N+](=O)[O-])c1cccc(C#N)c1. The lowest BCUT2D eigenvalue weighted by molar-refractivity contribution is -0.384. The van der Waals surface area contributed by atoms with Crippen LogP contribution in [0.25, 0.3) is 0 Å². The zero-order chi connectivity index (χ0) is 16.3. The average molecular weight is 316 g/mol. The Bertz CT molecular complexity index is 766. The van der Waals surface area contributed by atoms with E-state index < -0.39 is 10.5 Å². The molecule has 1 N–H and O–H groups in total. The molecule has 0 heterocycles. The first kappa shape index (κ1) is 15.8. The fraction of sp³-hybridized carbons (Fsp3) is 0.188. The van der Waals surface area contributed by atoms with Crippen LogP contribution in [-0.4, -0.2) is 4.92 Å². The minimum Gasteiger partial charge on any atom is -0.371 e. The molecular weight excluding hydrogens is 302 g/mol. The van der Waals surface area contributed by atoms with Crippen molar-refractivity contribution in [2.75, 3.05) is 5.32 Å². The van der Waals surface area contributed by atoms with E-state index in [0.717, 1.165) is 5.56 Å². The summed E-state index contributed by atoms with van der Waals surface area (Å²) in [5.74, 6) is 0. The first-order chi connectivity index (χ1) is 10.3. The summed E-state index contributed by atoms with van der Waals surface area (Å²) in [5.41, 5.74) is 1.10. The Morgan fingerprint density at radius 1 is 1.27 bits per heavy atom. The number of nitrogens with one attached hydrogen (secondary N) is 1. The van der Waals surface area contributed by atoms with Gasteiger partial charge in [0.25, 0.3) is 5.69 Å². The van der Waals surface area contributed by atoms with Gasteiger partial charge in [-0.05, 0) is 43.7 Å². The second-order valence-electron chi connectivity index (χ2n) is 5.36. The van der Waals surface area contributed by atoms with Crippen LogP contribution < -0.4 is 5.32 Å². The van der Waals surface area contributed by atoms with Gasteiger partial charge < -0.3 is 5.32 Å². The van der Waals surface area contributed by atoms with Crippen molar-refractivity contribution >= 4 is 23.0 Å². The van der Waals surface area contributed by atoms with Crippen molar-refractivity contribution in [2.45, 2.75) is 19.4 Å². The minimum atomic E-state index is -0.592. The normalized spacial score (nSPS) is 10.8. The number of nitriles is 1. The second-order valence-corrected chi connectivity index (χ2v) is 5.80. The van der Waals surface area contributed by atoms with Crippen molar-refractivity contribution in [3.8, 4) is 6.07 Å². The van der Waals surface area contributed by atoms with E-state index in [-0.39, 0.29) is 5.69 Å². The molecule has 0 saturated carbocycles. The molecule has 0 spiro atoms. The molecule has 112 valence electrons. The molecule has 0 unspecified atom stereocenters. The molecule has 2 aromatic rings. The highest BCUT2D eigenvalue weighted by molar-refractivity contribution is 6.30. The maximum atomic E-state index is 11.2. The number of nitro groups is 1. The average Bonchev–Trinajstić information content (AvgIpc) is 2.48. The van der Waals surface area contributed by atoms with E-state index in [2.05, 4.69) is 11.4 Å². The molecule has 0 aromatic heterocycles. The number of benzene rings is 2. The molecule has 0 fully saturated rings. The summed E-state index contributed by atoms with van der Waals surface area (Å²) in [4.78, 5) is 10.7. The van der Waals surface area contributed by atoms with Crippen molar-refractivity contribution < 1.29 is 4.92 Å². The predicted molar refractivity (Wildman–Crippen MR) is 85.9 cm³/mol. The summed E-state index contributed by atoms with van der Waals surface area (Å²) >= 11 is 5.82. The molecule has 22 heavy (non-hydrogen) atoms. The van der Waals surface area contributed by atoms with Crippen LogP contribution in [0.4, 0.5) is 11.4 Å². The molecule has 0 bridgehead atoms. The summed E-state index contributed by atoms with van der Waals surface area (Å²) in [6, 6.07) is 13.7. The van der Waals surface area contributed by atoms with Gasteiger partial charge in [-0.15, -0.1) is 0 Å². The topological polar surface area (TPSA) is 79.0 Å². The molecule has 0 aliphatic heterocycles. The Morgan fingerprint density at radius 2 is 2.00 bits per heavy atom. The molecule has 0 aliphatic carbocycles. The molecule has 0 saturated heterocycles. The van der Waals surface area contributed by atoms with Gasteiger partial charge in [-0.25, -0.2) is 0 Å². The number of hydrogen-bond donors (Lipinski definition) is 1. The van der Waals surface area contributed by atoms with E-state index in [1.165, 1.54) is 6.07 Å². The van der Waals surface area contributed by atoms with Gasteiger partial charge in [0.1, 0.15) is 5.69 Å². The number of nitro benzene ring substituents is 1. The van der Waals surface area contributed by atoms with Crippen LogP contribution in [0.3, 0.4) is 0 Å². The van der Waals surface area contributed by atoms with Gasteiger partial charge in [-0.2, -0.15) is 5.26 Å². The van der Waals surface area contributed by atoms with Crippen LogP contribution in [-0.2, 0) is 5.54 Å². The lowest BCUT2D eigenvalue weighted by atomic mass is 9.92. The monoisotopic (exact) mass is 315 g/mol. The number of nitrogens with zero attached hydrogens (tertiary/aromatic N) is 2. The first-order valence-corrected chi connectivity index (χ1v) is 6.94. The van der Waals surface area contributed by atoms with E-state index in [1.807, 2.05) is 19.9 Å². The van der Waals surface area contributed by atoms with E-state index in [1.54, 1.807) is 30.3 Å². The van der Waals surface area contributed by atoms with E-state index >= 15 is 0 Å². The van der Waals surface area contributed by atoms with Gasteiger partial charge in [0.05, 0.1) is 22.1 Å². The maximum Gasteiger partial charge on any atom is 0.293 e. The third kappa shape index (κ3) is 3.35. The molecule has 0 aliphatic rings. The van der Waals surface area contributed by atoms with Gasteiger partial charge >= 0.3 is 0 Å². The Balaban J connectivity index is 2.40. The summed E-state index contributed by atoms with van der Waals surface area (Å²) in [6.07, 6.45) is 0. The molecule has 0 atom stereocenters. The summed E-state index contributed by atoms with van der Waals surface area (Å²) in [6.45, 7) is 3.78. The van der Waals surface area contributed by atoms with Gasteiger partial charge in [0.15, 0.2) is 0 Å². The van der Waals surface area contributed by atoms with Gasteiger partial charge in [-0.3, -0.25) is 10.1 Å². The van der Waals surface area contributed by atoms with E-state index in [0.29, 0.717) is 16.3 Å². The highest BCUT2D eigenvalue weighted by Crippen LogP contribution is 2.33. The number of rotatable bonds is 4. The highest BCUT2D eigenvalue weighted by atomic mass is 35.5. The van der Waals surface area contributed by atoms with Crippen molar-refractivity contribution in [3.05, 3.63) is 68.7 Å². The minimum absolute atomic E-state index is 0.0861. The van der Waals surface area contributed by atoms with Crippen LogP contribution in [0.15, 0.2) is 42.5 Å². The van der Waals surface area contributed by atoms with Crippen LogP contribution >= 0.6 is 11.6 Å². The van der Waals surface area contributed by atoms with Gasteiger partial charge in [-0.1, -0.05) is 23.7 Å². The Kier molecular flexibility index (Phi) is 4.34. The molecule has 6 heteroatoms. The number of anilines is 1. The maximum absolute atomic E-state index is 11.2. The zero-order valence-electron chi connectivity index (χ0n) is 12.1. The Labute approximate surface area is 133 Å². The first-order valence-electron chi connectivity index (χ1n) is 6.56. The quantitative estimate of drug-likeness (QED) is 0.667.